The molecule has 45 valence electrons. The third-order valence-electron chi connectivity index (χ3n) is 0.570. The van der Waals surface area contributed by atoms with E-state index in [0.717, 1.165) is 19.2 Å². The van der Waals surface area contributed by atoms with Gasteiger partial charge in [-0.1, -0.05) is 13.7 Å². The van der Waals surface area contributed by atoms with Crippen LogP contribution in [0.2, 0.25) is 0 Å². The van der Waals surface area contributed by atoms with Crippen molar-refractivity contribution in [3.63, 3.8) is 0 Å². The van der Waals surface area contributed by atoms with Crippen LogP contribution in [-0.2, 0) is 4.18 Å². The van der Waals surface area contributed by atoms with E-state index in [1.807, 2.05) is 6.92 Å². The van der Waals surface area contributed by atoms with Crippen LogP contribution >= 0.6 is 19.3 Å². The van der Waals surface area contributed by atoms with Gasteiger partial charge in [0.2, 0.25) is 0 Å². The first kappa shape index (κ1) is 5.34. The summed E-state index contributed by atoms with van der Waals surface area (Å²) in [4.78, 5) is 0. The van der Waals surface area contributed by atoms with Crippen LogP contribution < -0.4 is 0 Å². The van der Waals surface area contributed by atoms with Gasteiger partial charge in [-0.05, 0) is 8.26 Å². The third-order valence-corrected chi connectivity index (χ3v) is 1.56. The molecule has 0 N–H and O–H groups in total. The Hall–Kier alpha value is 0.545. The van der Waals surface area contributed by atoms with Crippen molar-refractivity contribution in [2.75, 3.05) is 0 Å². The summed E-state index contributed by atoms with van der Waals surface area (Å²) in [7, 11) is -0.0991. The molecule has 0 aliphatic rings. The van der Waals surface area contributed by atoms with Gasteiger partial charge in [0.25, 0.3) is 0 Å². The average molecular weight is 150 g/mol. The van der Waals surface area contributed by atoms with E-state index in [2.05, 4.69) is 6.58 Å². The molecule has 0 fully saturated rings. The minimum atomic E-state index is -1.18. The van der Waals surface area contributed by atoms with Crippen LogP contribution in [0.3, 0.4) is 0 Å². The Morgan fingerprint density at radius 1 is 2.50 bits per heavy atom. The van der Waals surface area contributed by atoms with Crippen molar-refractivity contribution in [3.05, 3.63) is 12.7 Å². The maximum Gasteiger partial charge on any atom is 0.137 e. The lowest BCUT2D eigenvalue weighted by atomic mass is 10.4. The van der Waals surface area contributed by atoms with E-state index in [0.29, 0.717) is 0 Å². The van der Waals surface area contributed by atoms with Crippen molar-refractivity contribution in [2.24, 2.45) is 0 Å². The Bertz CT molecular complexity index is 107. The molecule has 1 radical (unpaired) electrons. The molecule has 0 amide bonds. The van der Waals surface area contributed by atoms with Crippen LogP contribution in [0.1, 0.15) is 6.92 Å². The quantitative estimate of drug-likeness (QED) is 0.255. The summed E-state index contributed by atoms with van der Waals surface area (Å²) in [5.74, 6) is 0. The first-order chi connectivity index (χ1) is 4.70. The lowest BCUT2D eigenvalue weighted by Gasteiger charge is -2.02. The fourth-order valence-electron chi connectivity index (χ4n) is 0.132. The highest BCUT2D eigenvalue weighted by atomic mass is 32.7. The molecule has 0 heterocycles. The number of rotatable bonds is 5. The first-order valence-electron chi connectivity index (χ1n) is 3.19. The maximum atomic E-state index is 7.11. The average Bonchev–Trinajstić information content (AvgIpc) is 1.99. The number of hydrogen-bond donors (Lipinski definition) is 0. The van der Waals surface area contributed by atoms with E-state index in [4.69, 9.17) is 6.80 Å². The molecule has 0 aliphatic carbocycles. The lowest BCUT2D eigenvalue weighted by molar-refractivity contribution is 0.326. The summed E-state index contributed by atoms with van der Waals surface area (Å²) in [5, 5.41) is 0. The molecule has 4 heteroatoms. The Kier molecular flexibility index (Phi) is 3.79. The summed E-state index contributed by atoms with van der Waals surface area (Å²) in [6, 6.07) is 0. The van der Waals surface area contributed by atoms with Gasteiger partial charge in [0, 0.05) is 11.7 Å². The van der Waals surface area contributed by atoms with Gasteiger partial charge in [-0.3, -0.25) is 0 Å². The van der Waals surface area contributed by atoms with Gasteiger partial charge in [0.1, 0.15) is 7.53 Å². The van der Waals surface area contributed by atoms with Crippen molar-refractivity contribution in [3.8, 4) is 0 Å². The van der Waals surface area contributed by atoms with Crippen molar-refractivity contribution in [1.29, 1.82) is 2.61 Å². The van der Waals surface area contributed by atoms with Crippen LogP contribution in [0.5, 0.6) is 0 Å². The summed E-state index contributed by atoms with van der Waals surface area (Å²) in [6.07, 6.45) is 1.61. The fraction of sp³-hybridized carbons (Fsp3) is 0.500. The molecule has 0 saturated heterocycles. The van der Waals surface area contributed by atoms with Crippen molar-refractivity contribution < 1.29 is 4.18 Å². The van der Waals surface area contributed by atoms with Gasteiger partial charge in [0.05, 0.1) is 7.38 Å². The van der Waals surface area contributed by atoms with E-state index < -0.39 is 7.61 Å². The zero-order valence-corrected chi connectivity index (χ0v) is 6.41. The van der Waals surface area contributed by atoms with Crippen LogP contribution in [0.4, 0.5) is 0 Å². The van der Waals surface area contributed by atoms with Crippen molar-refractivity contribution >= 4 is 26.8 Å². The van der Waals surface area contributed by atoms with E-state index >= 15 is 0 Å². The topological polar surface area (TPSA) is 9.23 Å². The summed E-state index contributed by atoms with van der Waals surface area (Å²) in [6.45, 7) is 5.36. The molecule has 0 aliphatic heterocycles. The maximum absolute atomic E-state index is 7.11. The molecule has 0 aromatic rings. The fourth-order valence-corrected chi connectivity index (χ4v) is 0.952. The minimum Gasteiger partial charge on any atom is -0.305 e. The second-order valence-corrected chi connectivity index (χ2v) is 2.85. The zero-order chi connectivity index (χ0) is 7.98. The highest BCUT2D eigenvalue weighted by Crippen LogP contribution is 2.25. The van der Waals surface area contributed by atoms with Crippen LogP contribution in [-0.4, -0.2) is 16.2 Å². The molecule has 0 aromatic heterocycles. The Morgan fingerprint density at radius 3 is 3.75 bits per heavy atom. The summed E-state index contributed by atoms with van der Waals surface area (Å²) in [5.41, 5.74) is 0. The van der Waals surface area contributed by atoms with Gasteiger partial charge < -0.3 is 4.18 Å². The monoisotopic (exact) mass is 150 g/mol. The normalized spacial score (nSPS) is 20.1. The predicted octanol–water partition coefficient (Wildman–Crippen LogP) is 1.64. The first-order valence-corrected chi connectivity index (χ1v) is 4.47. The summed E-state index contributed by atoms with van der Waals surface area (Å²) >= 11 is 1.03. The highest BCUT2D eigenvalue weighted by Gasteiger charge is 1.91. The molecule has 2 unspecified atom stereocenters. The highest BCUT2D eigenvalue weighted by molar-refractivity contribution is 8.53. The standard InChI is InChI=1S/C4H9BOPS/c1-3-4(2)6-8-7-5/h3-5,7H,1H2,2H3/i5T,7D. The van der Waals surface area contributed by atoms with Gasteiger partial charge in [0.15, 0.2) is 0 Å². The summed E-state index contributed by atoms with van der Waals surface area (Å²) < 4.78 is 18.8. The van der Waals surface area contributed by atoms with Gasteiger partial charge >= 0.3 is 0 Å². The van der Waals surface area contributed by atoms with E-state index in [1.54, 1.807) is 6.08 Å². The molecule has 1 nitrogen and oxygen atoms in total. The molecule has 0 rings (SSSR count). The Labute approximate surface area is 60.0 Å². The second-order valence-electron chi connectivity index (χ2n) is 1.22. The Balaban J connectivity index is 3.25. The molecule has 0 spiro atoms. The smallest absolute Gasteiger partial charge is 0.137 e. The van der Waals surface area contributed by atoms with Gasteiger partial charge in [-0.25, -0.2) is 0 Å². The van der Waals surface area contributed by atoms with Crippen LogP contribution in [0, 0.1) is 0 Å². The van der Waals surface area contributed by atoms with E-state index in [9.17, 15) is 0 Å². The molecule has 0 bridgehead atoms. The Morgan fingerprint density at radius 2 is 3.25 bits per heavy atom. The predicted molar refractivity (Wildman–Crippen MR) is 43.8 cm³/mol. The van der Waals surface area contributed by atoms with Gasteiger partial charge in [-0.15, -0.1) is 6.58 Å². The van der Waals surface area contributed by atoms with E-state index in [-0.39, 0.29) is 6.10 Å². The minimum absolute atomic E-state index is 0.0414. The van der Waals surface area contributed by atoms with Crippen LogP contribution in [0.15, 0.2) is 12.7 Å². The second kappa shape index (κ2) is 5.68. The SMILES string of the molecule is [2H]P([B][3H])SOC(C)C=C. The lowest BCUT2D eigenvalue weighted by Crippen LogP contribution is -1.94. The van der Waals surface area contributed by atoms with Crippen molar-refractivity contribution in [1.82, 2.24) is 0 Å². The molecule has 0 aromatic carbocycles. The molecule has 8 heavy (non-hydrogen) atoms. The molecule has 0 saturated carbocycles. The number of hydrogen-bond acceptors (Lipinski definition) is 2. The molecule has 2 atom stereocenters. The largest absolute Gasteiger partial charge is 0.305 e. The van der Waals surface area contributed by atoms with Crippen molar-refractivity contribution in [2.45, 2.75) is 13.0 Å². The van der Waals surface area contributed by atoms with Crippen LogP contribution in [0.25, 0.3) is 0 Å². The zero-order valence-electron chi connectivity index (χ0n) is 6.70. The molecular formula is C4H9BOPS. The third kappa shape index (κ3) is 4.70. The van der Waals surface area contributed by atoms with Gasteiger partial charge in [-0.2, -0.15) is 0 Å². The molecular weight excluding hydrogens is 138 g/mol. The van der Waals surface area contributed by atoms with E-state index in [1.165, 1.54) is 0 Å².